The molecule has 0 radical (unpaired) electrons. The predicted octanol–water partition coefficient (Wildman–Crippen LogP) is 4.85. The van der Waals surface area contributed by atoms with E-state index in [9.17, 15) is 14.4 Å². The number of carbonyl (C=O) groups is 3. The van der Waals surface area contributed by atoms with E-state index in [4.69, 9.17) is 4.74 Å². The summed E-state index contributed by atoms with van der Waals surface area (Å²) in [5.74, 6) is -0.257. The number of nitrogens with zero attached hydrogens (tertiary/aromatic N) is 1. The van der Waals surface area contributed by atoms with Crippen LogP contribution in [0, 0.1) is 6.92 Å². The molecule has 156 valence electrons. The lowest BCUT2D eigenvalue weighted by Gasteiger charge is -2.15. The van der Waals surface area contributed by atoms with Gasteiger partial charge in [0.1, 0.15) is 12.3 Å². The first kappa shape index (κ1) is 21.6. The van der Waals surface area contributed by atoms with Crippen molar-refractivity contribution in [3.63, 3.8) is 0 Å². The number of nitrogens with one attached hydrogen (secondary N) is 1. The Hall–Kier alpha value is -3.06. The number of benzene rings is 2. The summed E-state index contributed by atoms with van der Waals surface area (Å²) >= 11 is 0.824. The van der Waals surface area contributed by atoms with Gasteiger partial charge in [0.05, 0.1) is 11.0 Å². The fourth-order valence-corrected chi connectivity index (χ4v) is 3.66. The minimum atomic E-state index is -0.483. The van der Waals surface area contributed by atoms with E-state index in [-0.39, 0.29) is 17.6 Å². The van der Waals surface area contributed by atoms with E-state index in [0.29, 0.717) is 17.0 Å². The zero-order chi connectivity index (χ0) is 21.7. The second-order valence-corrected chi connectivity index (χ2v) is 8.00. The van der Waals surface area contributed by atoms with Gasteiger partial charge >= 0.3 is 0 Å². The number of hydrogen-bond donors (Lipinski definition) is 1. The van der Waals surface area contributed by atoms with Crippen molar-refractivity contribution in [2.75, 3.05) is 11.9 Å². The van der Waals surface area contributed by atoms with Crippen LogP contribution in [-0.4, -0.2) is 34.6 Å². The molecule has 1 heterocycles. The largest absolute Gasteiger partial charge is 0.490 e. The fourth-order valence-electron chi connectivity index (χ4n) is 2.83. The lowest BCUT2D eigenvalue weighted by atomic mass is 10.1. The lowest BCUT2D eigenvalue weighted by Crippen LogP contribution is -2.36. The van der Waals surface area contributed by atoms with Crippen molar-refractivity contribution in [3.05, 3.63) is 64.6 Å². The Kier molecular flexibility index (Phi) is 6.95. The summed E-state index contributed by atoms with van der Waals surface area (Å²) in [6, 6.07) is 14.7. The third-order valence-electron chi connectivity index (χ3n) is 4.70. The maximum Gasteiger partial charge on any atom is 0.294 e. The van der Waals surface area contributed by atoms with Gasteiger partial charge in [-0.1, -0.05) is 43.3 Å². The Bertz CT molecular complexity index is 1000. The number of imide groups is 1. The molecule has 0 saturated carbocycles. The van der Waals surface area contributed by atoms with Gasteiger partial charge in [0.15, 0.2) is 0 Å². The van der Waals surface area contributed by atoms with Gasteiger partial charge in [-0.15, -0.1) is 0 Å². The molecule has 0 aromatic heterocycles. The Morgan fingerprint density at radius 1 is 1.17 bits per heavy atom. The molecule has 3 amide bonds. The quantitative estimate of drug-likeness (QED) is 0.643. The van der Waals surface area contributed by atoms with Gasteiger partial charge in [-0.3, -0.25) is 19.3 Å². The van der Waals surface area contributed by atoms with Crippen LogP contribution in [0.1, 0.15) is 31.4 Å². The van der Waals surface area contributed by atoms with Crippen LogP contribution in [0.15, 0.2) is 53.4 Å². The van der Waals surface area contributed by atoms with Gasteiger partial charge in [-0.25, -0.2) is 0 Å². The minimum absolute atomic E-state index is 0.0275. The number of anilines is 1. The second-order valence-electron chi connectivity index (χ2n) is 7.01. The highest BCUT2D eigenvalue weighted by atomic mass is 32.2. The predicted molar refractivity (Wildman–Crippen MR) is 119 cm³/mol. The van der Waals surface area contributed by atoms with E-state index in [2.05, 4.69) is 5.32 Å². The monoisotopic (exact) mass is 424 g/mol. The molecule has 0 unspecified atom stereocenters. The average molecular weight is 425 g/mol. The summed E-state index contributed by atoms with van der Waals surface area (Å²) in [4.78, 5) is 38.7. The molecule has 6 nitrogen and oxygen atoms in total. The van der Waals surface area contributed by atoms with E-state index < -0.39 is 17.1 Å². The molecular weight excluding hydrogens is 400 g/mol. The van der Waals surface area contributed by atoms with Gasteiger partial charge in [0.2, 0.25) is 5.91 Å². The minimum Gasteiger partial charge on any atom is -0.490 e. The van der Waals surface area contributed by atoms with Crippen molar-refractivity contribution in [1.29, 1.82) is 0 Å². The second kappa shape index (κ2) is 9.63. The molecule has 0 bridgehead atoms. The van der Waals surface area contributed by atoms with Gasteiger partial charge < -0.3 is 10.1 Å². The van der Waals surface area contributed by atoms with Crippen molar-refractivity contribution < 1.29 is 19.1 Å². The van der Waals surface area contributed by atoms with Crippen molar-refractivity contribution in [2.45, 2.75) is 33.3 Å². The van der Waals surface area contributed by atoms with Gasteiger partial charge in [0, 0.05) is 11.3 Å². The molecule has 1 fully saturated rings. The highest BCUT2D eigenvalue weighted by molar-refractivity contribution is 8.18. The first-order valence-electron chi connectivity index (χ1n) is 9.75. The topological polar surface area (TPSA) is 75.7 Å². The van der Waals surface area contributed by atoms with Gasteiger partial charge in [0.25, 0.3) is 11.1 Å². The van der Waals surface area contributed by atoms with Gasteiger partial charge in [-0.2, -0.15) is 0 Å². The van der Waals surface area contributed by atoms with Crippen LogP contribution in [0.2, 0.25) is 0 Å². The molecular formula is C23H24N2O4S. The molecule has 2 aromatic carbocycles. The molecule has 2 aromatic rings. The molecule has 1 aliphatic rings. The first-order valence-corrected chi connectivity index (χ1v) is 10.6. The number of rotatable bonds is 7. The van der Waals surface area contributed by atoms with Crippen molar-refractivity contribution in [1.82, 2.24) is 4.90 Å². The molecule has 1 saturated heterocycles. The standard InChI is InChI=1S/C23H24N2O4S/c1-4-16(3)29-19-12-8-6-10-17(19)13-20-22(27)25(23(28)30-20)14-21(26)24-18-11-7-5-9-15(18)2/h5-13,16H,4,14H2,1-3H3,(H,24,26)/b20-13+/t16-/m0/s1. The molecule has 1 aliphatic heterocycles. The molecule has 0 aliphatic carbocycles. The third kappa shape index (κ3) is 5.10. The third-order valence-corrected chi connectivity index (χ3v) is 5.61. The first-order chi connectivity index (χ1) is 14.4. The van der Waals surface area contributed by atoms with Crippen LogP contribution in [0.25, 0.3) is 6.08 Å². The van der Waals surface area contributed by atoms with E-state index >= 15 is 0 Å². The zero-order valence-corrected chi connectivity index (χ0v) is 18.0. The van der Waals surface area contributed by atoms with Crippen LogP contribution in [0.5, 0.6) is 5.75 Å². The fraction of sp³-hybridized carbons (Fsp3) is 0.261. The molecule has 1 N–H and O–H groups in total. The summed E-state index contributed by atoms with van der Waals surface area (Å²) in [7, 11) is 0. The van der Waals surface area contributed by atoms with Gasteiger partial charge in [-0.05, 0) is 55.8 Å². The number of carbonyl (C=O) groups excluding carboxylic acids is 3. The van der Waals surface area contributed by atoms with E-state index in [1.54, 1.807) is 12.1 Å². The van der Waals surface area contributed by atoms with E-state index in [1.165, 1.54) is 0 Å². The number of para-hydroxylation sites is 2. The van der Waals surface area contributed by atoms with Crippen LogP contribution in [0.3, 0.4) is 0 Å². The Labute approximate surface area is 180 Å². The zero-order valence-electron chi connectivity index (χ0n) is 17.2. The SMILES string of the molecule is CC[C@H](C)Oc1ccccc1/C=C1/SC(=O)N(CC(=O)Nc2ccccc2C)C1=O. The smallest absolute Gasteiger partial charge is 0.294 e. The molecule has 1 atom stereocenters. The van der Waals surface area contributed by atoms with Crippen molar-refractivity contribution in [2.24, 2.45) is 0 Å². The Morgan fingerprint density at radius 3 is 2.60 bits per heavy atom. The number of aryl methyl sites for hydroxylation is 1. The maximum atomic E-state index is 12.8. The molecule has 7 heteroatoms. The summed E-state index contributed by atoms with van der Waals surface area (Å²) in [6.45, 7) is 5.54. The van der Waals surface area contributed by atoms with E-state index in [1.807, 2.05) is 63.2 Å². The molecule has 0 spiro atoms. The molecule has 30 heavy (non-hydrogen) atoms. The lowest BCUT2D eigenvalue weighted by molar-refractivity contribution is -0.127. The van der Waals surface area contributed by atoms with Crippen LogP contribution in [-0.2, 0) is 9.59 Å². The normalized spacial score (nSPS) is 16.1. The summed E-state index contributed by atoms with van der Waals surface area (Å²) < 4.78 is 5.91. The summed E-state index contributed by atoms with van der Waals surface area (Å²) in [6.07, 6.45) is 2.52. The number of amides is 3. The van der Waals surface area contributed by atoms with Crippen LogP contribution >= 0.6 is 11.8 Å². The Balaban J connectivity index is 1.73. The highest BCUT2D eigenvalue weighted by Crippen LogP contribution is 2.34. The number of thioether (sulfide) groups is 1. The molecule has 3 rings (SSSR count). The van der Waals surface area contributed by atoms with Crippen LogP contribution in [0.4, 0.5) is 10.5 Å². The average Bonchev–Trinajstić information content (AvgIpc) is 2.98. The van der Waals surface area contributed by atoms with Crippen molar-refractivity contribution in [3.8, 4) is 5.75 Å². The number of hydrogen-bond acceptors (Lipinski definition) is 5. The number of ether oxygens (including phenoxy) is 1. The van der Waals surface area contributed by atoms with Crippen molar-refractivity contribution >= 4 is 40.6 Å². The summed E-state index contributed by atoms with van der Waals surface area (Å²) in [5, 5.41) is 2.28. The summed E-state index contributed by atoms with van der Waals surface area (Å²) in [5.41, 5.74) is 2.27. The Morgan fingerprint density at radius 2 is 1.87 bits per heavy atom. The van der Waals surface area contributed by atoms with Crippen LogP contribution < -0.4 is 10.1 Å². The van der Waals surface area contributed by atoms with E-state index in [0.717, 1.165) is 28.6 Å². The maximum absolute atomic E-state index is 12.8. The highest BCUT2D eigenvalue weighted by Gasteiger charge is 2.36.